The number of aliphatic hydroxyl groups excluding tert-OH is 1. The van der Waals surface area contributed by atoms with Crippen LogP contribution in [0.5, 0.6) is 5.75 Å². The van der Waals surface area contributed by atoms with Crippen LogP contribution in [0.4, 0.5) is 5.69 Å². The van der Waals surface area contributed by atoms with Crippen molar-refractivity contribution in [3.63, 3.8) is 0 Å². The van der Waals surface area contributed by atoms with E-state index in [0.29, 0.717) is 5.75 Å². The second kappa shape index (κ2) is 6.07. The first kappa shape index (κ1) is 13.2. The fourth-order valence-corrected chi connectivity index (χ4v) is 2.50. The highest BCUT2D eigenvalue weighted by atomic mass is 16.3. The Morgan fingerprint density at radius 3 is 2.50 bits per heavy atom. The van der Waals surface area contributed by atoms with Gasteiger partial charge in [-0.15, -0.1) is 0 Å². The number of aliphatic hydroxyl groups is 1. The molecule has 0 atom stereocenters. The van der Waals surface area contributed by atoms with Gasteiger partial charge in [-0.2, -0.15) is 0 Å². The SMILES string of the molecule is Cc1cc(O)ccc1N1CCN(CCCO)CC1. The third-order valence-corrected chi connectivity index (χ3v) is 3.53. The highest BCUT2D eigenvalue weighted by molar-refractivity contribution is 5.55. The monoisotopic (exact) mass is 250 g/mol. The van der Waals surface area contributed by atoms with Gasteiger partial charge < -0.3 is 15.1 Å². The molecule has 4 nitrogen and oxygen atoms in total. The van der Waals surface area contributed by atoms with Gasteiger partial charge in [-0.05, 0) is 37.1 Å². The van der Waals surface area contributed by atoms with Gasteiger partial charge in [0.15, 0.2) is 0 Å². The molecule has 100 valence electrons. The minimum atomic E-state index is 0.275. The molecule has 0 spiro atoms. The normalized spacial score (nSPS) is 17.1. The topological polar surface area (TPSA) is 46.9 Å². The van der Waals surface area contributed by atoms with Crippen LogP contribution in [0.1, 0.15) is 12.0 Å². The van der Waals surface area contributed by atoms with Crippen LogP contribution in [0.2, 0.25) is 0 Å². The van der Waals surface area contributed by atoms with Crippen molar-refractivity contribution in [1.82, 2.24) is 4.90 Å². The number of phenols is 1. The van der Waals surface area contributed by atoms with E-state index in [-0.39, 0.29) is 6.61 Å². The van der Waals surface area contributed by atoms with Crippen LogP contribution < -0.4 is 4.90 Å². The maximum atomic E-state index is 9.42. The fraction of sp³-hybridized carbons (Fsp3) is 0.571. The van der Waals surface area contributed by atoms with Gasteiger partial charge in [0.1, 0.15) is 5.75 Å². The molecule has 2 N–H and O–H groups in total. The van der Waals surface area contributed by atoms with Crippen molar-refractivity contribution in [2.75, 3.05) is 44.2 Å². The molecule has 0 bridgehead atoms. The molecular formula is C14H22N2O2. The first-order valence-corrected chi connectivity index (χ1v) is 6.58. The largest absolute Gasteiger partial charge is 0.508 e. The molecule has 0 saturated carbocycles. The Bertz CT molecular complexity index is 387. The molecule has 1 heterocycles. The number of benzene rings is 1. The number of hydrogen-bond donors (Lipinski definition) is 2. The third-order valence-electron chi connectivity index (χ3n) is 3.53. The zero-order valence-electron chi connectivity index (χ0n) is 11.0. The van der Waals surface area contributed by atoms with Crippen molar-refractivity contribution in [3.05, 3.63) is 23.8 Å². The predicted molar refractivity (Wildman–Crippen MR) is 73.2 cm³/mol. The number of piperazine rings is 1. The molecule has 1 aliphatic rings. The summed E-state index contributed by atoms with van der Waals surface area (Å²) in [4.78, 5) is 4.76. The summed E-state index contributed by atoms with van der Waals surface area (Å²) in [6, 6.07) is 5.56. The maximum absolute atomic E-state index is 9.42. The number of hydrogen-bond acceptors (Lipinski definition) is 4. The second-order valence-electron chi connectivity index (χ2n) is 4.88. The van der Waals surface area contributed by atoms with Crippen molar-refractivity contribution in [2.45, 2.75) is 13.3 Å². The van der Waals surface area contributed by atoms with Gasteiger partial charge in [0.05, 0.1) is 0 Å². The summed E-state index contributed by atoms with van der Waals surface area (Å²) in [6.07, 6.45) is 0.859. The lowest BCUT2D eigenvalue weighted by atomic mass is 10.1. The molecule has 1 aliphatic heterocycles. The van der Waals surface area contributed by atoms with Crippen LogP contribution in [0.15, 0.2) is 18.2 Å². The van der Waals surface area contributed by atoms with E-state index < -0.39 is 0 Å². The van der Waals surface area contributed by atoms with Crippen LogP contribution in [-0.4, -0.2) is 54.4 Å². The first-order chi connectivity index (χ1) is 8.70. The van der Waals surface area contributed by atoms with Crippen LogP contribution in [0.25, 0.3) is 0 Å². The quantitative estimate of drug-likeness (QED) is 0.843. The van der Waals surface area contributed by atoms with Gasteiger partial charge in [0.2, 0.25) is 0 Å². The lowest BCUT2D eigenvalue weighted by Gasteiger charge is -2.36. The van der Waals surface area contributed by atoms with E-state index in [1.165, 1.54) is 5.69 Å². The molecule has 0 amide bonds. The summed E-state index contributed by atoms with van der Waals surface area (Å²) in [7, 11) is 0. The van der Waals surface area contributed by atoms with E-state index in [1.807, 2.05) is 19.1 Å². The molecule has 0 aliphatic carbocycles. The summed E-state index contributed by atoms with van der Waals surface area (Å²) < 4.78 is 0. The molecule has 2 rings (SSSR count). The van der Waals surface area contributed by atoms with E-state index in [1.54, 1.807) is 6.07 Å². The Hall–Kier alpha value is -1.26. The molecule has 18 heavy (non-hydrogen) atoms. The van der Waals surface area contributed by atoms with Gasteiger partial charge in [0, 0.05) is 45.0 Å². The number of aromatic hydroxyl groups is 1. The van der Waals surface area contributed by atoms with Crippen molar-refractivity contribution in [1.29, 1.82) is 0 Å². The van der Waals surface area contributed by atoms with Crippen molar-refractivity contribution in [3.8, 4) is 5.75 Å². The van der Waals surface area contributed by atoms with E-state index in [9.17, 15) is 5.11 Å². The Kier molecular flexibility index (Phi) is 4.44. The average molecular weight is 250 g/mol. The molecular weight excluding hydrogens is 228 g/mol. The minimum Gasteiger partial charge on any atom is -0.508 e. The highest BCUT2D eigenvalue weighted by Crippen LogP contribution is 2.24. The maximum Gasteiger partial charge on any atom is 0.115 e. The zero-order chi connectivity index (χ0) is 13.0. The fourth-order valence-electron chi connectivity index (χ4n) is 2.50. The lowest BCUT2D eigenvalue weighted by molar-refractivity contribution is 0.216. The van der Waals surface area contributed by atoms with Gasteiger partial charge in [-0.25, -0.2) is 0 Å². The Morgan fingerprint density at radius 1 is 1.17 bits per heavy atom. The van der Waals surface area contributed by atoms with Crippen LogP contribution in [0.3, 0.4) is 0 Å². The van der Waals surface area contributed by atoms with Crippen molar-refractivity contribution < 1.29 is 10.2 Å². The number of aryl methyl sites for hydroxylation is 1. The van der Waals surface area contributed by atoms with Gasteiger partial charge in [-0.1, -0.05) is 0 Å². The molecule has 4 heteroatoms. The average Bonchev–Trinajstić information content (AvgIpc) is 2.37. The zero-order valence-corrected chi connectivity index (χ0v) is 11.0. The minimum absolute atomic E-state index is 0.275. The number of rotatable bonds is 4. The first-order valence-electron chi connectivity index (χ1n) is 6.58. The second-order valence-corrected chi connectivity index (χ2v) is 4.88. The number of nitrogens with zero attached hydrogens (tertiary/aromatic N) is 2. The van der Waals surface area contributed by atoms with Crippen molar-refractivity contribution in [2.24, 2.45) is 0 Å². The summed E-state index contributed by atoms with van der Waals surface area (Å²) >= 11 is 0. The summed E-state index contributed by atoms with van der Waals surface area (Å²) in [5.41, 5.74) is 2.34. The molecule has 1 aromatic carbocycles. The number of phenolic OH excluding ortho intramolecular Hbond substituents is 1. The van der Waals surface area contributed by atoms with Crippen LogP contribution >= 0.6 is 0 Å². The van der Waals surface area contributed by atoms with E-state index in [0.717, 1.165) is 44.7 Å². The molecule has 0 radical (unpaired) electrons. The molecule has 1 saturated heterocycles. The van der Waals surface area contributed by atoms with E-state index in [4.69, 9.17) is 5.11 Å². The molecule has 1 fully saturated rings. The summed E-state index contributed by atoms with van der Waals surface area (Å²) in [5, 5.41) is 18.3. The summed E-state index contributed by atoms with van der Waals surface area (Å²) in [5.74, 6) is 0.331. The standard InChI is InChI=1S/C14H22N2O2/c1-12-11-13(18)3-4-14(12)16-8-6-15(7-9-16)5-2-10-17/h3-4,11,17-18H,2,5-10H2,1H3. The Labute approximate surface area is 108 Å². The highest BCUT2D eigenvalue weighted by Gasteiger charge is 2.17. The van der Waals surface area contributed by atoms with E-state index >= 15 is 0 Å². The van der Waals surface area contributed by atoms with Crippen LogP contribution in [-0.2, 0) is 0 Å². The van der Waals surface area contributed by atoms with Crippen LogP contribution in [0, 0.1) is 6.92 Å². The molecule has 0 aromatic heterocycles. The predicted octanol–water partition coefficient (Wildman–Crippen LogP) is 1.21. The van der Waals surface area contributed by atoms with E-state index in [2.05, 4.69) is 9.80 Å². The smallest absolute Gasteiger partial charge is 0.115 e. The van der Waals surface area contributed by atoms with Crippen molar-refractivity contribution >= 4 is 5.69 Å². The summed E-state index contributed by atoms with van der Waals surface area (Å²) in [6.45, 7) is 7.40. The van der Waals surface area contributed by atoms with Gasteiger partial charge >= 0.3 is 0 Å². The Balaban J connectivity index is 1.93. The number of anilines is 1. The van der Waals surface area contributed by atoms with Gasteiger partial charge in [0.25, 0.3) is 0 Å². The van der Waals surface area contributed by atoms with Gasteiger partial charge in [-0.3, -0.25) is 4.90 Å². The molecule has 1 aromatic rings. The molecule has 0 unspecified atom stereocenters. The lowest BCUT2D eigenvalue weighted by Crippen LogP contribution is -2.46. The third kappa shape index (κ3) is 3.15. The Morgan fingerprint density at radius 2 is 1.89 bits per heavy atom.